The van der Waals surface area contributed by atoms with Crippen LogP contribution in [0.3, 0.4) is 0 Å². The summed E-state index contributed by atoms with van der Waals surface area (Å²) in [6, 6.07) is 0. The van der Waals surface area contributed by atoms with Gasteiger partial charge in [-0.1, -0.05) is 23.1 Å². The minimum absolute atomic E-state index is 0.0958. The maximum Gasteiger partial charge on any atom is 0.311 e. The standard InChI is InChI=1S/C14H19N5O4S3/c1-3-23-11(21)6-9-7-24-13(16-9)17-10(20)8-25-14-19-18-12(26-14)15-4-5-22-2/h7H,3-6,8H2,1-2H3,(H,15,18)(H,16,17,20). The maximum atomic E-state index is 12.0. The van der Waals surface area contributed by atoms with E-state index in [1.807, 2.05) is 0 Å². The van der Waals surface area contributed by atoms with Crippen molar-refractivity contribution in [3.8, 4) is 0 Å². The van der Waals surface area contributed by atoms with Gasteiger partial charge in [0.05, 0.1) is 31.1 Å². The van der Waals surface area contributed by atoms with Gasteiger partial charge in [0.15, 0.2) is 9.47 Å². The number of nitrogens with one attached hydrogen (secondary N) is 2. The van der Waals surface area contributed by atoms with Crippen molar-refractivity contribution in [2.75, 3.05) is 43.3 Å². The summed E-state index contributed by atoms with van der Waals surface area (Å²) in [5.74, 6) is -0.340. The predicted molar refractivity (Wildman–Crippen MR) is 102 cm³/mol. The third-order valence-corrected chi connectivity index (χ3v) is 5.57. The summed E-state index contributed by atoms with van der Waals surface area (Å²) in [5.41, 5.74) is 0.576. The Balaban J connectivity index is 1.73. The molecule has 0 saturated carbocycles. The number of thioether (sulfide) groups is 1. The summed E-state index contributed by atoms with van der Waals surface area (Å²) < 4.78 is 10.5. The minimum atomic E-state index is -0.336. The molecular weight excluding hydrogens is 398 g/mol. The molecule has 2 rings (SSSR count). The molecule has 2 aromatic rings. The third kappa shape index (κ3) is 7.23. The van der Waals surface area contributed by atoms with Crippen LogP contribution in [0.25, 0.3) is 0 Å². The van der Waals surface area contributed by atoms with Crippen LogP contribution in [0.4, 0.5) is 10.3 Å². The molecule has 0 aliphatic rings. The van der Waals surface area contributed by atoms with Gasteiger partial charge >= 0.3 is 5.97 Å². The van der Waals surface area contributed by atoms with Crippen molar-refractivity contribution in [2.45, 2.75) is 17.7 Å². The average Bonchev–Trinajstić information content (AvgIpc) is 3.23. The Hall–Kier alpha value is -1.76. The molecule has 0 spiro atoms. The molecule has 0 bridgehead atoms. The largest absolute Gasteiger partial charge is 0.466 e. The van der Waals surface area contributed by atoms with Crippen LogP contribution in [-0.2, 0) is 25.5 Å². The van der Waals surface area contributed by atoms with Crippen LogP contribution in [0.5, 0.6) is 0 Å². The molecule has 0 saturated heterocycles. The first-order chi connectivity index (χ1) is 12.6. The van der Waals surface area contributed by atoms with Crippen LogP contribution in [-0.4, -0.2) is 59.7 Å². The van der Waals surface area contributed by atoms with E-state index in [4.69, 9.17) is 9.47 Å². The van der Waals surface area contributed by atoms with Gasteiger partial charge in [-0.15, -0.1) is 21.5 Å². The molecule has 2 N–H and O–H groups in total. The third-order valence-electron chi connectivity index (χ3n) is 2.74. The Bertz CT molecular complexity index is 721. The second-order valence-corrected chi connectivity index (χ2v) is 7.81. The zero-order valence-corrected chi connectivity index (χ0v) is 16.8. The van der Waals surface area contributed by atoms with Crippen molar-refractivity contribution in [1.29, 1.82) is 0 Å². The SMILES string of the molecule is CCOC(=O)Cc1csc(NC(=O)CSc2nnc(NCCOC)s2)n1. The fraction of sp³-hybridized carbons (Fsp3) is 0.500. The van der Waals surface area contributed by atoms with Crippen molar-refractivity contribution in [1.82, 2.24) is 15.2 Å². The number of amides is 1. The number of esters is 1. The van der Waals surface area contributed by atoms with Gasteiger partial charge in [0, 0.05) is 19.0 Å². The molecule has 0 unspecified atom stereocenters. The highest BCUT2D eigenvalue weighted by atomic mass is 32.2. The van der Waals surface area contributed by atoms with Gasteiger partial charge in [-0.2, -0.15) is 0 Å². The average molecular weight is 418 g/mol. The van der Waals surface area contributed by atoms with E-state index in [1.165, 1.54) is 34.4 Å². The van der Waals surface area contributed by atoms with E-state index in [1.54, 1.807) is 19.4 Å². The Morgan fingerprint density at radius 1 is 1.31 bits per heavy atom. The molecule has 0 atom stereocenters. The van der Waals surface area contributed by atoms with Crippen LogP contribution in [0, 0.1) is 0 Å². The van der Waals surface area contributed by atoms with E-state index < -0.39 is 0 Å². The highest BCUT2D eigenvalue weighted by molar-refractivity contribution is 8.01. The lowest BCUT2D eigenvalue weighted by atomic mass is 10.3. The van der Waals surface area contributed by atoms with E-state index >= 15 is 0 Å². The molecule has 142 valence electrons. The number of anilines is 2. The lowest BCUT2D eigenvalue weighted by Crippen LogP contribution is -2.14. The molecule has 12 heteroatoms. The van der Waals surface area contributed by atoms with Crippen molar-refractivity contribution in [2.24, 2.45) is 0 Å². The smallest absolute Gasteiger partial charge is 0.311 e. The Kier molecular flexibility index (Phi) is 8.74. The molecular formula is C14H19N5O4S3. The fourth-order valence-electron chi connectivity index (χ4n) is 1.69. The summed E-state index contributed by atoms with van der Waals surface area (Å²) >= 11 is 3.94. The van der Waals surface area contributed by atoms with E-state index in [0.29, 0.717) is 40.1 Å². The molecule has 0 aliphatic carbocycles. The lowest BCUT2D eigenvalue weighted by molar-refractivity contribution is -0.142. The molecule has 0 fully saturated rings. The summed E-state index contributed by atoms with van der Waals surface area (Å²) in [7, 11) is 1.63. The van der Waals surface area contributed by atoms with Gasteiger partial charge in [-0.3, -0.25) is 9.59 Å². The zero-order valence-electron chi connectivity index (χ0n) is 14.3. The zero-order chi connectivity index (χ0) is 18.8. The molecule has 9 nitrogen and oxygen atoms in total. The number of aromatic nitrogens is 3. The molecule has 0 radical (unpaired) electrons. The fourth-order valence-corrected chi connectivity index (χ4v) is 3.99. The van der Waals surface area contributed by atoms with Crippen molar-refractivity contribution < 1.29 is 19.1 Å². The Morgan fingerprint density at radius 2 is 2.15 bits per heavy atom. The van der Waals surface area contributed by atoms with E-state index in [-0.39, 0.29) is 24.1 Å². The summed E-state index contributed by atoms with van der Waals surface area (Å²) in [5, 5.41) is 16.7. The highest BCUT2D eigenvalue weighted by Gasteiger charge is 2.12. The van der Waals surface area contributed by atoms with Gasteiger partial charge < -0.3 is 20.1 Å². The quantitative estimate of drug-likeness (QED) is 0.321. The molecule has 2 aromatic heterocycles. The van der Waals surface area contributed by atoms with Gasteiger partial charge in [0.1, 0.15) is 0 Å². The van der Waals surface area contributed by atoms with Crippen LogP contribution in [0.2, 0.25) is 0 Å². The van der Waals surface area contributed by atoms with Crippen molar-refractivity contribution in [3.05, 3.63) is 11.1 Å². The summed E-state index contributed by atoms with van der Waals surface area (Å²) in [6.07, 6.45) is 0.0958. The van der Waals surface area contributed by atoms with Crippen LogP contribution >= 0.6 is 34.4 Å². The molecule has 1 amide bonds. The molecule has 2 heterocycles. The number of methoxy groups -OCH3 is 1. The van der Waals surface area contributed by atoms with Gasteiger partial charge in [0.2, 0.25) is 11.0 Å². The summed E-state index contributed by atoms with van der Waals surface area (Å²) in [6.45, 7) is 3.31. The summed E-state index contributed by atoms with van der Waals surface area (Å²) in [4.78, 5) is 27.6. The second kappa shape index (κ2) is 11.1. The highest BCUT2D eigenvalue weighted by Crippen LogP contribution is 2.25. The Labute approximate surface area is 162 Å². The monoisotopic (exact) mass is 417 g/mol. The lowest BCUT2D eigenvalue weighted by Gasteiger charge is -2.00. The first-order valence-electron chi connectivity index (χ1n) is 7.69. The number of rotatable bonds is 11. The molecule has 0 aromatic carbocycles. The number of ether oxygens (including phenoxy) is 2. The van der Waals surface area contributed by atoms with E-state index in [0.717, 1.165) is 0 Å². The first kappa shape index (κ1) is 20.6. The number of hydrogen-bond donors (Lipinski definition) is 2. The van der Waals surface area contributed by atoms with E-state index in [2.05, 4.69) is 25.8 Å². The topological polar surface area (TPSA) is 115 Å². The van der Waals surface area contributed by atoms with Crippen LogP contribution in [0.1, 0.15) is 12.6 Å². The number of carbonyl (C=O) groups excluding carboxylic acids is 2. The first-order valence-corrected chi connectivity index (χ1v) is 10.4. The number of carbonyl (C=O) groups is 2. The van der Waals surface area contributed by atoms with Gasteiger partial charge in [0.25, 0.3) is 0 Å². The number of hydrogen-bond acceptors (Lipinski definition) is 11. The Morgan fingerprint density at radius 3 is 2.92 bits per heavy atom. The van der Waals surface area contributed by atoms with E-state index in [9.17, 15) is 9.59 Å². The van der Waals surface area contributed by atoms with Crippen molar-refractivity contribution >= 4 is 56.6 Å². The molecule has 26 heavy (non-hydrogen) atoms. The van der Waals surface area contributed by atoms with Crippen LogP contribution < -0.4 is 10.6 Å². The minimum Gasteiger partial charge on any atom is -0.466 e. The van der Waals surface area contributed by atoms with Gasteiger partial charge in [-0.25, -0.2) is 4.98 Å². The normalized spacial score (nSPS) is 10.5. The van der Waals surface area contributed by atoms with Gasteiger partial charge in [-0.05, 0) is 6.92 Å². The predicted octanol–water partition coefficient (Wildman–Crippen LogP) is 1.89. The number of thiazole rings is 1. The van der Waals surface area contributed by atoms with Crippen molar-refractivity contribution in [3.63, 3.8) is 0 Å². The van der Waals surface area contributed by atoms with Crippen LogP contribution in [0.15, 0.2) is 9.72 Å². The molecule has 0 aliphatic heterocycles. The maximum absolute atomic E-state index is 12.0. The second-order valence-electron chi connectivity index (χ2n) is 4.76. The number of nitrogens with zero attached hydrogens (tertiary/aromatic N) is 3.